The Morgan fingerprint density at radius 3 is 2.48 bits per heavy atom. The van der Waals surface area contributed by atoms with Gasteiger partial charge in [0.25, 0.3) is 0 Å². The average molecular weight is 503 g/mol. The van der Waals surface area contributed by atoms with Gasteiger partial charge in [0, 0.05) is 27.9 Å². The van der Waals surface area contributed by atoms with Gasteiger partial charge in [0.15, 0.2) is 10.9 Å². The SMILES string of the molecule is Cc1nn(Cc2c(F)cccc2Cl)c(C)c1NC(=S)Nc1ccn(Cc2ccc(Cl)cc2)n1. The van der Waals surface area contributed by atoms with E-state index in [0.29, 0.717) is 33.1 Å². The van der Waals surface area contributed by atoms with Crippen molar-refractivity contribution in [3.05, 3.63) is 93.1 Å². The van der Waals surface area contributed by atoms with E-state index in [9.17, 15) is 4.39 Å². The molecule has 2 aromatic carbocycles. The molecule has 0 atom stereocenters. The minimum absolute atomic E-state index is 0.217. The fraction of sp³-hybridized carbons (Fsp3) is 0.174. The molecule has 4 aromatic rings. The highest BCUT2D eigenvalue weighted by molar-refractivity contribution is 7.80. The zero-order valence-corrected chi connectivity index (χ0v) is 20.3. The van der Waals surface area contributed by atoms with Gasteiger partial charge in [-0.05, 0) is 55.9 Å². The Morgan fingerprint density at radius 1 is 1.00 bits per heavy atom. The Bertz CT molecular complexity index is 1280. The number of aromatic nitrogens is 4. The molecular formula is C23H21Cl2FN6S. The van der Waals surface area contributed by atoms with Crippen LogP contribution in [0.3, 0.4) is 0 Å². The van der Waals surface area contributed by atoms with Gasteiger partial charge in [-0.1, -0.05) is 41.4 Å². The molecule has 2 aromatic heterocycles. The fourth-order valence-corrected chi connectivity index (χ4v) is 3.97. The summed E-state index contributed by atoms with van der Waals surface area (Å²) in [5, 5.41) is 16.7. The first-order valence-corrected chi connectivity index (χ1v) is 11.3. The van der Waals surface area contributed by atoms with Gasteiger partial charge < -0.3 is 10.6 Å². The quantitative estimate of drug-likeness (QED) is 0.314. The molecule has 0 bridgehead atoms. The van der Waals surface area contributed by atoms with Gasteiger partial charge in [-0.2, -0.15) is 10.2 Å². The normalized spacial score (nSPS) is 10.9. The molecule has 0 aliphatic heterocycles. The van der Waals surface area contributed by atoms with Gasteiger partial charge >= 0.3 is 0 Å². The first-order chi connectivity index (χ1) is 15.8. The van der Waals surface area contributed by atoms with Crippen molar-refractivity contribution in [2.24, 2.45) is 0 Å². The summed E-state index contributed by atoms with van der Waals surface area (Å²) in [6.45, 7) is 4.58. The highest BCUT2D eigenvalue weighted by Gasteiger charge is 2.16. The number of nitrogens with one attached hydrogen (secondary N) is 2. The van der Waals surface area contributed by atoms with Crippen LogP contribution in [-0.2, 0) is 13.1 Å². The lowest BCUT2D eigenvalue weighted by Gasteiger charge is -2.11. The first kappa shape index (κ1) is 23.2. The molecule has 0 amide bonds. The number of aryl methyl sites for hydroxylation is 1. The van der Waals surface area contributed by atoms with E-state index in [-0.39, 0.29) is 12.4 Å². The molecule has 33 heavy (non-hydrogen) atoms. The first-order valence-electron chi connectivity index (χ1n) is 10.1. The molecular weight excluding hydrogens is 482 g/mol. The predicted octanol–water partition coefficient (Wildman–Crippen LogP) is 6.05. The molecule has 2 N–H and O–H groups in total. The maximum atomic E-state index is 14.2. The van der Waals surface area contributed by atoms with Gasteiger partial charge in [0.1, 0.15) is 5.82 Å². The van der Waals surface area contributed by atoms with Gasteiger partial charge in [-0.3, -0.25) is 9.36 Å². The van der Waals surface area contributed by atoms with Crippen LogP contribution >= 0.6 is 35.4 Å². The number of hydrogen-bond donors (Lipinski definition) is 2. The largest absolute Gasteiger partial charge is 0.329 e. The summed E-state index contributed by atoms with van der Waals surface area (Å²) in [5.41, 5.74) is 3.77. The second-order valence-electron chi connectivity index (χ2n) is 7.51. The van der Waals surface area contributed by atoms with Crippen molar-refractivity contribution in [2.45, 2.75) is 26.9 Å². The Labute approximate surface area is 206 Å². The maximum Gasteiger partial charge on any atom is 0.176 e. The van der Waals surface area contributed by atoms with Crippen LogP contribution in [-0.4, -0.2) is 24.7 Å². The summed E-state index contributed by atoms with van der Waals surface area (Å²) in [7, 11) is 0. The summed E-state index contributed by atoms with van der Waals surface area (Å²) in [6.07, 6.45) is 1.87. The van der Waals surface area contributed by atoms with E-state index in [1.807, 2.05) is 50.4 Å². The number of halogens is 3. The van der Waals surface area contributed by atoms with Crippen molar-refractivity contribution < 1.29 is 4.39 Å². The zero-order chi connectivity index (χ0) is 23.5. The molecule has 6 nitrogen and oxygen atoms in total. The van der Waals surface area contributed by atoms with Crippen LogP contribution in [0.4, 0.5) is 15.9 Å². The Kier molecular flexibility index (Phi) is 6.97. The molecule has 0 radical (unpaired) electrons. The van der Waals surface area contributed by atoms with Gasteiger partial charge in [0.05, 0.1) is 30.2 Å². The van der Waals surface area contributed by atoms with E-state index >= 15 is 0 Å². The lowest BCUT2D eigenvalue weighted by Crippen LogP contribution is -2.20. The van der Waals surface area contributed by atoms with E-state index in [1.165, 1.54) is 6.07 Å². The van der Waals surface area contributed by atoms with Crippen molar-refractivity contribution in [1.29, 1.82) is 0 Å². The number of anilines is 2. The Morgan fingerprint density at radius 2 is 1.76 bits per heavy atom. The minimum atomic E-state index is -0.365. The third-order valence-corrected chi connectivity index (χ3v) is 5.94. The summed E-state index contributed by atoms with van der Waals surface area (Å²) in [5.74, 6) is 0.248. The van der Waals surface area contributed by atoms with Crippen LogP contribution in [0, 0.1) is 19.7 Å². The molecule has 0 aliphatic carbocycles. The van der Waals surface area contributed by atoms with Crippen LogP contribution in [0.25, 0.3) is 0 Å². The molecule has 0 spiro atoms. The third-order valence-electron chi connectivity index (χ3n) is 5.13. The average Bonchev–Trinajstić information content (AvgIpc) is 3.31. The van der Waals surface area contributed by atoms with Crippen LogP contribution in [0.2, 0.25) is 10.0 Å². The lowest BCUT2D eigenvalue weighted by atomic mass is 10.2. The molecule has 0 aliphatic rings. The molecule has 170 valence electrons. The van der Waals surface area contributed by atoms with Gasteiger partial charge in [-0.25, -0.2) is 4.39 Å². The molecule has 4 rings (SSSR count). The Balaban J connectivity index is 1.42. The van der Waals surface area contributed by atoms with Gasteiger partial charge in [-0.15, -0.1) is 0 Å². The van der Waals surface area contributed by atoms with Crippen molar-refractivity contribution in [1.82, 2.24) is 19.6 Å². The third kappa shape index (κ3) is 5.52. The maximum absolute atomic E-state index is 14.2. The summed E-state index contributed by atoms with van der Waals surface area (Å²) < 4.78 is 17.7. The number of hydrogen-bond acceptors (Lipinski definition) is 3. The van der Waals surface area contributed by atoms with Crippen LogP contribution in [0.15, 0.2) is 54.7 Å². The summed E-state index contributed by atoms with van der Waals surface area (Å²) >= 11 is 17.6. The second kappa shape index (κ2) is 9.91. The van der Waals surface area contributed by atoms with Crippen molar-refractivity contribution in [2.75, 3.05) is 10.6 Å². The number of nitrogens with zero attached hydrogens (tertiary/aromatic N) is 4. The van der Waals surface area contributed by atoms with E-state index in [4.69, 9.17) is 35.4 Å². The monoisotopic (exact) mass is 502 g/mol. The number of benzene rings is 2. The van der Waals surface area contributed by atoms with Gasteiger partial charge in [0.2, 0.25) is 0 Å². The highest BCUT2D eigenvalue weighted by atomic mass is 35.5. The molecule has 2 heterocycles. The van der Waals surface area contributed by atoms with E-state index in [0.717, 1.165) is 22.6 Å². The van der Waals surface area contributed by atoms with Crippen molar-refractivity contribution >= 4 is 52.0 Å². The zero-order valence-electron chi connectivity index (χ0n) is 17.9. The van der Waals surface area contributed by atoms with Crippen LogP contribution in [0.5, 0.6) is 0 Å². The Hall–Kier alpha value is -2.94. The number of rotatable bonds is 6. The minimum Gasteiger partial charge on any atom is -0.329 e. The second-order valence-corrected chi connectivity index (χ2v) is 8.76. The van der Waals surface area contributed by atoms with E-state index in [1.54, 1.807) is 21.5 Å². The molecule has 0 unspecified atom stereocenters. The molecule has 0 saturated heterocycles. The number of thiocarbonyl (C=S) groups is 1. The molecule has 10 heteroatoms. The lowest BCUT2D eigenvalue weighted by molar-refractivity contribution is 0.579. The summed E-state index contributed by atoms with van der Waals surface area (Å²) in [4.78, 5) is 0. The standard InChI is InChI=1S/C23H21Cl2FN6S/c1-14-22(15(2)32(29-14)13-18-19(25)4-3-5-20(18)26)28-23(33)27-21-10-11-31(30-21)12-16-6-8-17(24)9-7-16/h3-11H,12-13H2,1-2H3,(H2,27,28,30,33). The molecule has 0 saturated carbocycles. The highest BCUT2D eigenvalue weighted by Crippen LogP contribution is 2.24. The summed E-state index contributed by atoms with van der Waals surface area (Å²) in [6, 6.07) is 14.1. The predicted molar refractivity (Wildman–Crippen MR) is 135 cm³/mol. The van der Waals surface area contributed by atoms with E-state index in [2.05, 4.69) is 20.8 Å². The van der Waals surface area contributed by atoms with Crippen LogP contribution < -0.4 is 10.6 Å². The smallest absolute Gasteiger partial charge is 0.176 e. The van der Waals surface area contributed by atoms with Crippen molar-refractivity contribution in [3.63, 3.8) is 0 Å². The van der Waals surface area contributed by atoms with Crippen molar-refractivity contribution in [3.8, 4) is 0 Å². The fourth-order valence-electron chi connectivity index (χ4n) is 3.42. The van der Waals surface area contributed by atoms with Crippen LogP contribution in [0.1, 0.15) is 22.5 Å². The van der Waals surface area contributed by atoms with E-state index < -0.39 is 0 Å². The molecule has 0 fully saturated rings. The topological polar surface area (TPSA) is 59.7 Å².